The van der Waals surface area contributed by atoms with Gasteiger partial charge in [0.1, 0.15) is 23.8 Å². The fourth-order valence-corrected chi connectivity index (χ4v) is 5.39. The molecule has 4 heterocycles. The molecule has 1 fully saturated rings. The number of nitrogens with zero attached hydrogens (tertiary/aromatic N) is 7. The number of fused-ring (bicyclic) bond motifs is 1. The monoisotopic (exact) mass is 443 g/mol. The second-order valence-electron chi connectivity index (χ2n) is 8.38. The van der Waals surface area contributed by atoms with Crippen LogP contribution in [0.3, 0.4) is 0 Å². The Morgan fingerprint density at radius 1 is 1.19 bits per heavy atom. The summed E-state index contributed by atoms with van der Waals surface area (Å²) in [6.07, 6.45) is 12.2. The van der Waals surface area contributed by atoms with Crippen molar-refractivity contribution in [1.29, 1.82) is 5.26 Å². The van der Waals surface area contributed by atoms with Gasteiger partial charge >= 0.3 is 0 Å². The quantitative estimate of drug-likeness (QED) is 0.408. The minimum Gasteiger partial charge on any atom is -0.253 e. The van der Waals surface area contributed by atoms with E-state index in [9.17, 15) is 5.26 Å². The van der Waals surface area contributed by atoms with E-state index in [1.165, 1.54) is 25.7 Å². The topological polar surface area (TPSA) is 92.7 Å². The van der Waals surface area contributed by atoms with Crippen molar-refractivity contribution in [1.82, 2.24) is 29.5 Å². The van der Waals surface area contributed by atoms with E-state index in [2.05, 4.69) is 23.0 Å². The summed E-state index contributed by atoms with van der Waals surface area (Å²) < 4.78 is 1.85. The second-order valence-corrected chi connectivity index (χ2v) is 9.32. The van der Waals surface area contributed by atoms with Crippen LogP contribution in [0.25, 0.3) is 17.0 Å². The highest BCUT2D eigenvalue weighted by molar-refractivity contribution is 7.10. The van der Waals surface area contributed by atoms with Gasteiger partial charge in [0, 0.05) is 29.5 Å². The third kappa shape index (κ3) is 4.00. The van der Waals surface area contributed by atoms with Gasteiger partial charge in [0.15, 0.2) is 11.5 Å². The van der Waals surface area contributed by atoms with Crippen molar-refractivity contribution >= 4 is 17.0 Å². The number of rotatable bonds is 7. The molecular weight excluding hydrogens is 418 g/mol. The molecule has 5 rings (SSSR count). The molecule has 0 amide bonds. The summed E-state index contributed by atoms with van der Waals surface area (Å²) in [5.74, 6) is 1.64. The van der Waals surface area contributed by atoms with E-state index in [4.69, 9.17) is 15.1 Å². The van der Waals surface area contributed by atoms with Crippen molar-refractivity contribution in [2.75, 3.05) is 0 Å². The normalized spacial score (nSPS) is 14.2. The van der Waals surface area contributed by atoms with E-state index < -0.39 is 0 Å². The van der Waals surface area contributed by atoms with E-state index in [-0.39, 0.29) is 0 Å². The molecule has 0 atom stereocenters. The molecular formula is C24H25N7S. The highest BCUT2D eigenvalue weighted by atomic mass is 32.1. The zero-order valence-electron chi connectivity index (χ0n) is 18.2. The zero-order valence-corrected chi connectivity index (χ0v) is 19.0. The molecule has 7 nitrogen and oxygen atoms in total. The predicted molar refractivity (Wildman–Crippen MR) is 123 cm³/mol. The molecule has 0 spiro atoms. The first-order valence-electron chi connectivity index (χ1n) is 11.3. The van der Waals surface area contributed by atoms with Gasteiger partial charge in [-0.2, -0.15) is 5.26 Å². The number of aromatic nitrogens is 6. The maximum absolute atomic E-state index is 9.49. The third-order valence-electron chi connectivity index (χ3n) is 6.18. The minimum absolute atomic E-state index is 0.533. The first-order chi connectivity index (χ1) is 15.8. The summed E-state index contributed by atoms with van der Waals surface area (Å²) in [6, 6.07) is 5.78. The summed E-state index contributed by atoms with van der Waals surface area (Å²) in [4.78, 5) is 19.7. The van der Waals surface area contributed by atoms with E-state index in [0.29, 0.717) is 23.6 Å². The Kier molecular flexibility index (Phi) is 5.91. The van der Waals surface area contributed by atoms with Crippen LogP contribution in [0.1, 0.15) is 66.6 Å². The molecule has 0 saturated heterocycles. The van der Waals surface area contributed by atoms with Crippen molar-refractivity contribution < 1.29 is 0 Å². The standard InChI is InChI=1S/C24H25N7S/c1-2-6-18-19(12-20-23(28-15-32-20)22-17(13-25)9-5-10-26-22)27-14-31-24(18)29-21(30-31)11-16-7-3-4-8-16/h5,9-10,14-16H,2-4,6-8,11-12H2,1H3. The lowest BCUT2D eigenvalue weighted by molar-refractivity contribution is 0.530. The number of hydrogen-bond acceptors (Lipinski definition) is 7. The Bertz CT molecular complexity index is 1280. The number of pyridine rings is 1. The molecule has 1 saturated carbocycles. The Balaban J connectivity index is 1.50. The third-order valence-corrected chi connectivity index (χ3v) is 7.02. The lowest BCUT2D eigenvalue weighted by Gasteiger charge is -2.09. The molecule has 0 radical (unpaired) electrons. The Labute approximate surface area is 191 Å². The van der Waals surface area contributed by atoms with Gasteiger partial charge in [0.05, 0.1) is 16.8 Å². The fourth-order valence-electron chi connectivity index (χ4n) is 4.63. The van der Waals surface area contributed by atoms with Crippen molar-refractivity contribution in [3.8, 4) is 17.5 Å². The Hall–Kier alpha value is -3.18. The molecule has 4 aromatic rings. The molecule has 162 valence electrons. The van der Waals surface area contributed by atoms with Gasteiger partial charge in [-0.05, 0) is 24.5 Å². The van der Waals surface area contributed by atoms with Crippen molar-refractivity contribution in [2.24, 2.45) is 5.92 Å². The molecule has 0 bridgehead atoms. The van der Waals surface area contributed by atoms with Gasteiger partial charge in [0.2, 0.25) is 0 Å². The van der Waals surface area contributed by atoms with Crippen molar-refractivity contribution in [3.05, 3.63) is 57.7 Å². The average molecular weight is 444 g/mol. The summed E-state index contributed by atoms with van der Waals surface area (Å²) in [5, 5.41) is 14.2. The lowest BCUT2D eigenvalue weighted by Crippen LogP contribution is -2.05. The zero-order chi connectivity index (χ0) is 21.9. The van der Waals surface area contributed by atoms with Crippen molar-refractivity contribution in [2.45, 2.75) is 58.3 Å². The fraction of sp³-hybridized carbons (Fsp3) is 0.417. The van der Waals surface area contributed by atoms with Crippen LogP contribution in [0.15, 0.2) is 30.2 Å². The molecule has 4 aromatic heterocycles. The van der Waals surface area contributed by atoms with Crippen LogP contribution < -0.4 is 0 Å². The minimum atomic E-state index is 0.533. The van der Waals surface area contributed by atoms with E-state index in [1.807, 2.05) is 10.0 Å². The van der Waals surface area contributed by atoms with Gasteiger partial charge in [-0.3, -0.25) is 4.98 Å². The summed E-state index contributed by atoms with van der Waals surface area (Å²) in [5.41, 5.74) is 6.82. The van der Waals surface area contributed by atoms with Crippen LogP contribution in [-0.4, -0.2) is 29.5 Å². The van der Waals surface area contributed by atoms with E-state index in [0.717, 1.165) is 52.6 Å². The van der Waals surface area contributed by atoms with Crippen LogP contribution in [0.5, 0.6) is 0 Å². The van der Waals surface area contributed by atoms with Gasteiger partial charge in [0.25, 0.3) is 0 Å². The summed E-state index contributed by atoms with van der Waals surface area (Å²) in [6.45, 7) is 2.17. The molecule has 8 heteroatoms. The molecule has 0 unspecified atom stereocenters. The van der Waals surface area contributed by atoms with Gasteiger partial charge in [-0.25, -0.2) is 19.5 Å². The maximum Gasteiger partial charge on any atom is 0.162 e. The average Bonchev–Trinajstić information content (AvgIpc) is 3.57. The second kappa shape index (κ2) is 9.13. The van der Waals surface area contributed by atoms with Gasteiger partial charge < -0.3 is 0 Å². The van der Waals surface area contributed by atoms with Crippen molar-refractivity contribution in [3.63, 3.8) is 0 Å². The number of thiazole rings is 1. The summed E-state index contributed by atoms with van der Waals surface area (Å²) in [7, 11) is 0. The number of hydrogen-bond donors (Lipinski definition) is 0. The maximum atomic E-state index is 9.49. The predicted octanol–water partition coefficient (Wildman–Crippen LogP) is 4.79. The van der Waals surface area contributed by atoms with Crippen LogP contribution in [0, 0.1) is 17.2 Å². The first kappa shape index (κ1) is 20.7. The largest absolute Gasteiger partial charge is 0.253 e. The summed E-state index contributed by atoms with van der Waals surface area (Å²) >= 11 is 1.57. The van der Waals surface area contributed by atoms with E-state index >= 15 is 0 Å². The molecule has 1 aliphatic carbocycles. The smallest absolute Gasteiger partial charge is 0.162 e. The molecule has 32 heavy (non-hydrogen) atoms. The van der Waals surface area contributed by atoms with Gasteiger partial charge in [-0.1, -0.05) is 39.0 Å². The Morgan fingerprint density at radius 3 is 2.88 bits per heavy atom. The lowest BCUT2D eigenvalue weighted by atomic mass is 10.0. The van der Waals surface area contributed by atoms with Crippen LogP contribution in [0.2, 0.25) is 0 Å². The molecule has 0 N–H and O–H groups in total. The highest BCUT2D eigenvalue weighted by Crippen LogP contribution is 2.30. The van der Waals surface area contributed by atoms with Crippen LogP contribution in [0.4, 0.5) is 0 Å². The highest BCUT2D eigenvalue weighted by Gasteiger charge is 2.21. The molecule has 1 aliphatic rings. The SMILES string of the molecule is CCCc1c(Cc2scnc2-c2ncccc2C#N)ncn2nc(CC3CCCC3)nc12. The first-order valence-corrected chi connectivity index (χ1v) is 12.1. The Morgan fingerprint density at radius 2 is 2.06 bits per heavy atom. The number of nitriles is 1. The van der Waals surface area contributed by atoms with E-state index in [1.54, 1.807) is 36.0 Å². The molecule has 0 aromatic carbocycles. The van der Waals surface area contributed by atoms with Gasteiger partial charge in [-0.15, -0.1) is 16.4 Å². The van der Waals surface area contributed by atoms with Crippen LogP contribution >= 0.6 is 11.3 Å². The number of aryl methyl sites for hydroxylation is 1. The van der Waals surface area contributed by atoms with Crippen LogP contribution in [-0.2, 0) is 19.3 Å². The molecule has 0 aliphatic heterocycles.